The van der Waals surface area contributed by atoms with Crippen LogP contribution >= 0.6 is 22.7 Å². The third kappa shape index (κ3) is 1.83. The smallest absolute Gasteiger partial charge is 0.268 e. The molecule has 0 aliphatic rings. The van der Waals surface area contributed by atoms with Crippen molar-refractivity contribution >= 4 is 39.5 Å². The summed E-state index contributed by atoms with van der Waals surface area (Å²) in [5, 5.41) is 10.7. The van der Waals surface area contributed by atoms with E-state index in [4.69, 9.17) is 0 Å². The number of aromatic nitrogens is 3. The van der Waals surface area contributed by atoms with Crippen LogP contribution in [0.5, 0.6) is 0 Å². The second kappa shape index (κ2) is 3.94. The van der Waals surface area contributed by atoms with Gasteiger partial charge in [0.25, 0.3) is 11.9 Å². The highest BCUT2D eigenvalue weighted by Crippen LogP contribution is 2.16. The third-order valence-corrected chi connectivity index (χ3v) is 4.02. The number of nitrogens with zero attached hydrogens (tertiary/aromatic N) is 3. The number of anilines is 1. The molecule has 5 nitrogen and oxygen atoms in total. The number of rotatable bonds is 2. The summed E-state index contributed by atoms with van der Waals surface area (Å²) < 4.78 is 1.72. The Morgan fingerprint density at radius 3 is 3.06 bits per heavy atom. The molecule has 0 aliphatic carbocycles. The van der Waals surface area contributed by atoms with Crippen molar-refractivity contribution in [3.63, 3.8) is 0 Å². The first-order valence-corrected chi connectivity index (χ1v) is 6.66. The first kappa shape index (κ1) is 10.4. The summed E-state index contributed by atoms with van der Waals surface area (Å²) in [5.74, 6) is 0.175. The zero-order valence-electron chi connectivity index (χ0n) is 8.88. The van der Waals surface area contributed by atoms with Crippen molar-refractivity contribution in [1.82, 2.24) is 14.6 Å². The molecule has 0 bridgehead atoms. The monoisotopic (exact) mass is 264 g/mol. The summed E-state index contributed by atoms with van der Waals surface area (Å²) >= 11 is 2.89. The lowest BCUT2D eigenvalue weighted by atomic mass is 10.4. The summed E-state index contributed by atoms with van der Waals surface area (Å²) in [5.41, 5.74) is 1.01. The van der Waals surface area contributed by atoms with E-state index in [0.29, 0.717) is 10.8 Å². The predicted molar refractivity (Wildman–Crippen MR) is 67.9 cm³/mol. The fraction of sp³-hybridized carbons (Fsp3) is 0.100. The Bertz CT molecular complexity index is 668. The molecule has 3 aromatic rings. The van der Waals surface area contributed by atoms with Crippen molar-refractivity contribution in [2.45, 2.75) is 6.92 Å². The van der Waals surface area contributed by atoms with Crippen LogP contribution in [0.4, 0.5) is 5.95 Å². The van der Waals surface area contributed by atoms with Crippen LogP contribution in [-0.2, 0) is 0 Å². The molecule has 3 aromatic heterocycles. The van der Waals surface area contributed by atoms with Gasteiger partial charge in [-0.1, -0.05) is 6.07 Å². The van der Waals surface area contributed by atoms with Gasteiger partial charge in [-0.05, 0) is 18.4 Å². The maximum absolute atomic E-state index is 11.8. The molecule has 0 atom stereocenters. The van der Waals surface area contributed by atoms with Gasteiger partial charge in [0.1, 0.15) is 0 Å². The normalized spacial score (nSPS) is 10.9. The molecule has 0 fully saturated rings. The Kier molecular flexibility index (Phi) is 2.41. The Morgan fingerprint density at radius 2 is 2.35 bits per heavy atom. The lowest BCUT2D eigenvalue weighted by Crippen LogP contribution is -2.11. The van der Waals surface area contributed by atoms with E-state index < -0.39 is 0 Å². The van der Waals surface area contributed by atoms with Gasteiger partial charge in [0.15, 0.2) is 0 Å². The molecular weight excluding hydrogens is 256 g/mol. The van der Waals surface area contributed by atoms with Crippen LogP contribution in [0.2, 0.25) is 0 Å². The van der Waals surface area contributed by atoms with E-state index in [-0.39, 0.29) is 5.91 Å². The molecule has 0 aliphatic heterocycles. The number of hydrogen-bond donors (Lipinski definition) is 1. The lowest BCUT2D eigenvalue weighted by molar-refractivity contribution is 0.102. The maximum atomic E-state index is 11.8. The number of amides is 1. The van der Waals surface area contributed by atoms with Crippen LogP contribution in [0.25, 0.3) is 4.96 Å². The van der Waals surface area contributed by atoms with Crippen molar-refractivity contribution in [3.05, 3.63) is 33.5 Å². The molecule has 86 valence electrons. The fourth-order valence-electron chi connectivity index (χ4n) is 1.42. The van der Waals surface area contributed by atoms with Crippen molar-refractivity contribution in [3.8, 4) is 0 Å². The molecule has 3 heterocycles. The molecule has 0 aromatic carbocycles. The summed E-state index contributed by atoms with van der Waals surface area (Å²) in [6.07, 6.45) is 0. The van der Waals surface area contributed by atoms with Crippen LogP contribution in [-0.4, -0.2) is 20.5 Å². The second-order valence-electron chi connectivity index (χ2n) is 3.44. The van der Waals surface area contributed by atoms with E-state index in [1.165, 1.54) is 22.7 Å². The fourth-order valence-corrected chi connectivity index (χ4v) is 2.83. The van der Waals surface area contributed by atoms with Gasteiger partial charge in [-0.25, -0.2) is 4.52 Å². The standard InChI is InChI=1S/C10H8N4OS2/c1-6-5-17-10-12-9(13-14(6)10)11-8(15)7-3-2-4-16-7/h2-5H,1H3,(H,11,13,15). The number of thiophene rings is 1. The van der Waals surface area contributed by atoms with Gasteiger partial charge in [0.05, 0.1) is 10.6 Å². The number of aryl methyl sites for hydroxylation is 1. The van der Waals surface area contributed by atoms with Crippen molar-refractivity contribution in [2.75, 3.05) is 5.32 Å². The van der Waals surface area contributed by atoms with E-state index >= 15 is 0 Å². The Balaban J connectivity index is 1.87. The summed E-state index contributed by atoms with van der Waals surface area (Å²) in [7, 11) is 0. The highest BCUT2D eigenvalue weighted by atomic mass is 32.1. The highest BCUT2D eigenvalue weighted by Gasteiger charge is 2.12. The van der Waals surface area contributed by atoms with E-state index in [1.807, 2.05) is 23.8 Å². The van der Waals surface area contributed by atoms with Crippen LogP contribution < -0.4 is 5.32 Å². The molecule has 0 radical (unpaired) electrons. The van der Waals surface area contributed by atoms with Crippen molar-refractivity contribution in [1.29, 1.82) is 0 Å². The predicted octanol–water partition coefficient (Wildman–Crippen LogP) is 2.41. The van der Waals surface area contributed by atoms with Gasteiger partial charge in [0.2, 0.25) is 4.96 Å². The van der Waals surface area contributed by atoms with Crippen molar-refractivity contribution in [2.24, 2.45) is 0 Å². The third-order valence-electron chi connectivity index (χ3n) is 2.22. The maximum Gasteiger partial charge on any atom is 0.268 e. The Labute approximate surface area is 105 Å². The molecule has 7 heteroatoms. The molecule has 0 saturated carbocycles. The Hall–Kier alpha value is -1.73. The minimum absolute atomic E-state index is 0.170. The summed E-state index contributed by atoms with van der Waals surface area (Å²) in [6, 6.07) is 3.60. The van der Waals surface area contributed by atoms with Gasteiger partial charge >= 0.3 is 0 Å². The molecule has 0 saturated heterocycles. The minimum Gasteiger partial charge on any atom is -0.288 e. The Morgan fingerprint density at radius 1 is 1.47 bits per heavy atom. The van der Waals surface area contributed by atoms with Gasteiger partial charge in [-0.3, -0.25) is 10.1 Å². The largest absolute Gasteiger partial charge is 0.288 e. The number of carbonyl (C=O) groups excluding carboxylic acids is 1. The quantitative estimate of drug-likeness (QED) is 0.773. The summed E-state index contributed by atoms with van der Waals surface area (Å²) in [4.78, 5) is 17.4. The van der Waals surface area contributed by atoms with E-state index in [9.17, 15) is 4.79 Å². The zero-order chi connectivity index (χ0) is 11.8. The average Bonchev–Trinajstić information content (AvgIpc) is 2.97. The van der Waals surface area contributed by atoms with E-state index in [0.717, 1.165) is 10.7 Å². The van der Waals surface area contributed by atoms with Crippen LogP contribution in [0.3, 0.4) is 0 Å². The summed E-state index contributed by atoms with van der Waals surface area (Å²) in [6.45, 7) is 1.95. The molecular formula is C10H8N4OS2. The first-order valence-electron chi connectivity index (χ1n) is 4.90. The number of thiazole rings is 1. The number of fused-ring (bicyclic) bond motifs is 1. The van der Waals surface area contributed by atoms with Crippen LogP contribution in [0.15, 0.2) is 22.9 Å². The van der Waals surface area contributed by atoms with E-state index in [1.54, 1.807) is 10.6 Å². The van der Waals surface area contributed by atoms with Gasteiger partial charge in [-0.15, -0.1) is 27.8 Å². The van der Waals surface area contributed by atoms with Gasteiger partial charge in [0, 0.05) is 5.38 Å². The van der Waals surface area contributed by atoms with Gasteiger partial charge < -0.3 is 0 Å². The van der Waals surface area contributed by atoms with Crippen molar-refractivity contribution < 1.29 is 4.79 Å². The number of carbonyl (C=O) groups is 1. The molecule has 17 heavy (non-hydrogen) atoms. The van der Waals surface area contributed by atoms with Crippen LogP contribution in [0, 0.1) is 6.92 Å². The molecule has 1 amide bonds. The van der Waals surface area contributed by atoms with Gasteiger partial charge in [-0.2, -0.15) is 4.98 Å². The highest BCUT2D eigenvalue weighted by molar-refractivity contribution is 7.15. The average molecular weight is 264 g/mol. The molecule has 0 unspecified atom stereocenters. The zero-order valence-corrected chi connectivity index (χ0v) is 10.5. The second-order valence-corrected chi connectivity index (χ2v) is 5.22. The molecule has 3 rings (SSSR count). The SMILES string of the molecule is Cc1csc2nc(NC(=O)c3cccs3)nn12. The minimum atomic E-state index is -0.170. The molecule has 0 spiro atoms. The number of nitrogens with one attached hydrogen (secondary N) is 1. The first-order chi connectivity index (χ1) is 8.24. The van der Waals surface area contributed by atoms with E-state index in [2.05, 4.69) is 15.4 Å². The van der Waals surface area contributed by atoms with Crippen LogP contribution in [0.1, 0.15) is 15.4 Å². The number of hydrogen-bond acceptors (Lipinski definition) is 5. The topological polar surface area (TPSA) is 59.3 Å². The molecule has 1 N–H and O–H groups in total. The lowest BCUT2D eigenvalue weighted by Gasteiger charge is -1.96.